The van der Waals surface area contributed by atoms with Crippen LogP contribution in [0.3, 0.4) is 0 Å². The molecule has 0 bridgehead atoms. The molecule has 1 aliphatic heterocycles. The van der Waals surface area contributed by atoms with Crippen molar-refractivity contribution in [1.82, 2.24) is 0 Å². The molecular formula is C19H28O2. The van der Waals surface area contributed by atoms with E-state index < -0.39 is 0 Å². The third-order valence-electron chi connectivity index (χ3n) is 5.83. The summed E-state index contributed by atoms with van der Waals surface area (Å²) in [5.74, 6) is 1.46. The molecule has 0 N–H and O–H groups in total. The predicted molar refractivity (Wildman–Crippen MR) is 84.8 cm³/mol. The first kappa shape index (κ1) is 14.9. The highest BCUT2D eigenvalue weighted by Crippen LogP contribution is 2.50. The summed E-state index contributed by atoms with van der Waals surface area (Å²) in [4.78, 5) is 12.7. The molecule has 116 valence electrons. The summed E-state index contributed by atoms with van der Waals surface area (Å²) in [6.07, 6.45) is 8.33. The van der Waals surface area contributed by atoms with Gasteiger partial charge in [-0.05, 0) is 49.9 Å². The average molecular weight is 288 g/mol. The molecule has 3 aliphatic rings. The normalized spacial score (nSPS) is 39.1. The molecule has 2 nitrogen and oxygen atoms in total. The molecule has 3 atom stereocenters. The minimum atomic E-state index is -0.0985. The smallest absolute Gasteiger partial charge is 0.334 e. The summed E-state index contributed by atoms with van der Waals surface area (Å²) in [6, 6.07) is 0. The number of carbonyl (C=O) groups is 1. The van der Waals surface area contributed by atoms with Gasteiger partial charge in [-0.1, -0.05) is 44.9 Å². The van der Waals surface area contributed by atoms with Crippen LogP contribution in [0.1, 0.15) is 59.8 Å². The van der Waals surface area contributed by atoms with Crippen molar-refractivity contribution in [3.8, 4) is 0 Å². The van der Waals surface area contributed by atoms with E-state index in [1.54, 1.807) is 5.57 Å². The molecule has 2 aliphatic carbocycles. The van der Waals surface area contributed by atoms with Crippen LogP contribution >= 0.6 is 0 Å². The van der Waals surface area contributed by atoms with Crippen molar-refractivity contribution < 1.29 is 9.53 Å². The standard InChI is InChI=1S/C19H28O2/c1-12(2)15-8-9-19(4)10-14-6-5-7-16(14)13(3)11-21-18(20)17(15)19/h10,12-13,16H,5-9,11H2,1-4H3/b14-10-/t13-,16-,19?/m0/s1. The monoisotopic (exact) mass is 288 g/mol. The Morgan fingerprint density at radius 1 is 1.33 bits per heavy atom. The quantitative estimate of drug-likeness (QED) is 0.518. The number of cyclic esters (lactones) is 1. The third-order valence-corrected chi connectivity index (χ3v) is 5.83. The first-order valence-corrected chi connectivity index (χ1v) is 8.54. The number of allylic oxidation sites excluding steroid dienone is 3. The lowest BCUT2D eigenvalue weighted by Gasteiger charge is -2.24. The number of hydrogen-bond acceptors (Lipinski definition) is 2. The topological polar surface area (TPSA) is 26.3 Å². The molecule has 0 radical (unpaired) electrons. The maximum atomic E-state index is 12.7. The van der Waals surface area contributed by atoms with Gasteiger partial charge >= 0.3 is 5.97 Å². The van der Waals surface area contributed by atoms with Crippen molar-refractivity contribution in [3.63, 3.8) is 0 Å². The van der Waals surface area contributed by atoms with Gasteiger partial charge in [0.15, 0.2) is 0 Å². The van der Waals surface area contributed by atoms with E-state index >= 15 is 0 Å². The summed E-state index contributed by atoms with van der Waals surface area (Å²) in [5, 5.41) is 0. The molecule has 1 unspecified atom stereocenters. The van der Waals surface area contributed by atoms with Crippen molar-refractivity contribution in [2.24, 2.45) is 23.2 Å². The van der Waals surface area contributed by atoms with E-state index in [1.165, 1.54) is 24.8 Å². The van der Waals surface area contributed by atoms with Gasteiger partial charge in [-0.15, -0.1) is 0 Å². The van der Waals surface area contributed by atoms with Crippen molar-refractivity contribution >= 4 is 5.97 Å². The number of carbonyl (C=O) groups excluding carboxylic acids is 1. The van der Waals surface area contributed by atoms with Crippen LogP contribution in [0.5, 0.6) is 0 Å². The Bertz CT molecular complexity index is 512. The van der Waals surface area contributed by atoms with Crippen LogP contribution in [0.25, 0.3) is 0 Å². The van der Waals surface area contributed by atoms with Gasteiger partial charge in [-0.2, -0.15) is 0 Å². The van der Waals surface area contributed by atoms with Crippen LogP contribution in [0.2, 0.25) is 0 Å². The molecule has 0 aromatic carbocycles. The number of fused-ring (bicyclic) bond motifs is 2. The maximum absolute atomic E-state index is 12.7. The first-order valence-electron chi connectivity index (χ1n) is 8.54. The lowest BCUT2D eigenvalue weighted by atomic mass is 9.78. The van der Waals surface area contributed by atoms with Gasteiger partial charge in [0, 0.05) is 11.0 Å². The minimum absolute atomic E-state index is 0.0534. The van der Waals surface area contributed by atoms with Crippen molar-refractivity contribution in [1.29, 1.82) is 0 Å². The fraction of sp³-hybridized carbons (Fsp3) is 0.737. The van der Waals surface area contributed by atoms with Gasteiger partial charge in [-0.3, -0.25) is 0 Å². The van der Waals surface area contributed by atoms with E-state index in [-0.39, 0.29) is 11.4 Å². The van der Waals surface area contributed by atoms with Crippen LogP contribution in [0.15, 0.2) is 22.8 Å². The first-order chi connectivity index (χ1) is 9.92. The summed E-state index contributed by atoms with van der Waals surface area (Å²) >= 11 is 0. The van der Waals surface area contributed by atoms with Gasteiger partial charge in [-0.25, -0.2) is 4.79 Å². The van der Waals surface area contributed by atoms with Crippen molar-refractivity contribution in [2.75, 3.05) is 6.61 Å². The predicted octanol–water partition coefficient (Wildman–Crippen LogP) is 4.66. The van der Waals surface area contributed by atoms with E-state index in [0.29, 0.717) is 24.4 Å². The Morgan fingerprint density at radius 2 is 2.10 bits per heavy atom. The Morgan fingerprint density at radius 3 is 2.81 bits per heavy atom. The second kappa shape index (κ2) is 5.30. The van der Waals surface area contributed by atoms with E-state index in [9.17, 15) is 4.79 Å². The largest absolute Gasteiger partial charge is 0.462 e. The average Bonchev–Trinajstić information content (AvgIpc) is 2.99. The third kappa shape index (κ3) is 2.47. The molecule has 0 saturated heterocycles. The van der Waals surface area contributed by atoms with Crippen LogP contribution < -0.4 is 0 Å². The van der Waals surface area contributed by atoms with E-state index in [4.69, 9.17) is 4.74 Å². The fourth-order valence-corrected chi connectivity index (χ4v) is 4.63. The Balaban J connectivity index is 2.09. The maximum Gasteiger partial charge on any atom is 0.334 e. The van der Waals surface area contributed by atoms with Gasteiger partial charge in [0.1, 0.15) is 0 Å². The second-order valence-electron chi connectivity index (χ2n) is 7.77. The zero-order chi connectivity index (χ0) is 15.2. The summed E-state index contributed by atoms with van der Waals surface area (Å²) in [7, 11) is 0. The molecule has 3 rings (SSSR count). The highest BCUT2D eigenvalue weighted by Gasteiger charge is 2.43. The zero-order valence-corrected chi connectivity index (χ0v) is 13.9. The Labute approximate surface area is 128 Å². The molecule has 0 aromatic rings. The lowest BCUT2D eigenvalue weighted by molar-refractivity contribution is -0.141. The highest BCUT2D eigenvalue weighted by molar-refractivity contribution is 5.92. The Hall–Kier alpha value is -1.05. The molecule has 1 heterocycles. The summed E-state index contributed by atoms with van der Waals surface area (Å²) in [6.45, 7) is 9.45. The Kier molecular flexibility index (Phi) is 3.75. The molecule has 21 heavy (non-hydrogen) atoms. The molecule has 1 fully saturated rings. The van der Waals surface area contributed by atoms with Gasteiger partial charge in [0.05, 0.1) is 6.61 Å². The molecule has 0 amide bonds. The van der Waals surface area contributed by atoms with Crippen LogP contribution in [0, 0.1) is 23.2 Å². The minimum Gasteiger partial charge on any atom is -0.462 e. The lowest BCUT2D eigenvalue weighted by Crippen LogP contribution is -2.23. The molecule has 0 aromatic heterocycles. The zero-order valence-electron chi connectivity index (χ0n) is 13.9. The fourth-order valence-electron chi connectivity index (χ4n) is 4.63. The van der Waals surface area contributed by atoms with Gasteiger partial charge < -0.3 is 4.74 Å². The molecule has 1 saturated carbocycles. The molecule has 2 heteroatoms. The number of hydrogen-bond donors (Lipinski definition) is 0. The van der Waals surface area contributed by atoms with Crippen molar-refractivity contribution in [2.45, 2.75) is 59.8 Å². The second-order valence-corrected chi connectivity index (χ2v) is 7.77. The van der Waals surface area contributed by atoms with Crippen LogP contribution in [0.4, 0.5) is 0 Å². The van der Waals surface area contributed by atoms with E-state index in [0.717, 1.165) is 18.4 Å². The molecular weight excluding hydrogens is 260 g/mol. The summed E-state index contributed by atoms with van der Waals surface area (Å²) < 4.78 is 5.71. The highest BCUT2D eigenvalue weighted by atomic mass is 16.5. The summed E-state index contributed by atoms with van der Waals surface area (Å²) in [5.41, 5.74) is 3.79. The SMILES string of the molecule is CC(C)C1=C2C(=O)OC[C@H](C)[C@@H]3CCC/C3=C/C2(C)CC1. The van der Waals surface area contributed by atoms with Gasteiger partial charge in [0.25, 0.3) is 0 Å². The van der Waals surface area contributed by atoms with Crippen LogP contribution in [-0.4, -0.2) is 12.6 Å². The van der Waals surface area contributed by atoms with Crippen LogP contribution in [-0.2, 0) is 9.53 Å². The molecule has 0 spiro atoms. The number of esters is 1. The van der Waals surface area contributed by atoms with Crippen molar-refractivity contribution in [3.05, 3.63) is 22.8 Å². The number of rotatable bonds is 1. The number of ether oxygens (including phenoxy) is 1. The van der Waals surface area contributed by atoms with E-state index in [2.05, 4.69) is 33.8 Å². The van der Waals surface area contributed by atoms with E-state index in [1.807, 2.05) is 0 Å². The van der Waals surface area contributed by atoms with Gasteiger partial charge in [0.2, 0.25) is 0 Å².